The number of rotatable bonds is 1. The molecule has 0 saturated carbocycles. The van der Waals surface area contributed by atoms with Crippen molar-refractivity contribution in [2.75, 3.05) is 5.32 Å². The molecule has 3 heterocycles. The van der Waals surface area contributed by atoms with Crippen molar-refractivity contribution in [3.8, 4) is 11.5 Å². The van der Waals surface area contributed by atoms with Crippen molar-refractivity contribution >= 4 is 11.5 Å². The second-order valence-corrected chi connectivity index (χ2v) is 5.11. The lowest BCUT2D eigenvalue weighted by atomic mass is 10.2. The minimum Gasteiger partial charge on any atom is -0.343 e. The highest BCUT2D eigenvalue weighted by molar-refractivity contribution is 6.08. The lowest BCUT2D eigenvalue weighted by Crippen LogP contribution is -2.26. The summed E-state index contributed by atoms with van der Waals surface area (Å²) in [5.41, 5.74) is -3.21. The summed E-state index contributed by atoms with van der Waals surface area (Å²) >= 11 is 0. The number of alkyl halides is 6. The molecule has 0 atom stereocenters. The third kappa shape index (κ3) is 3.21. The van der Waals surface area contributed by atoms with Crippen LogP contribution in [0, 0.1) is 6.92 Å². The van der Waals surface area contributed by atoms with Gasteiger partial charge in [0, 0.05) is 12.4 Å². The lowest BCUT2D eigenvalue weighted by Gasteiger charge is -2.10. The van der Waals surface area contributed by atoms with Gasteiger partial charge in [-0.1, -0.05) is 6.07 Å². The number of aryl methyl sites for hydroxylation is 1. The maximum absolute atomic E-state index is 13.2. The highest BCUT2D eigenvalue weighted by atomic mass is 19.4. The quantitative estimate of drug-likeness (QED) is 0.756. The first-order valence-electron chi connectivity index (χ1n) is 6.79. The number of aromatic nitrogens is 3. The molecular weight excluding hydrogens is 352 g/mol. The fraction of sp³-hybridized carbons (Fsp3) is 0.214. The van der Waals surface area contributed by atoms with Crippen LogP contribution in [-0.4, -0.2) is 33.0 Å². The first-order chi connectivity index (χ1) is 11.6. The first kappa shape index (κ1) is 17.0. The van der Waals surface area contributed by atoms with E-state index in [-0.39, 0.29) is 11.5 Å². The summed E-state index contributed by atoms with van der Waals surface area (Å²) in [4.78, 5) is 13.1. The fourth-order valence-corrected chi connectivity index (χ4v) is 2.19. The third-order valence-electron chi connectivity index (χ3n) is 3.31. The topological polar surface area (TPSA) is 66.0 Å². The van der Waals surface area contributed by atoms with Gasteiger partial charge in [0.1, 0.15) is 11.4 Å². The van der Waals surface area contributed by atoms with Gasteiger partial charge in [-0.2, -0.15) is 26.3 Å². The van der Waals surface area contributed by atoms with Gasteiger partial charge in [-0.15, -0.1) is 0 Å². The second kappa shape index (κ2) is 5.60. The maximum atomic E-state index is 13.2. The molecular formula is C14H9F6N5. The number of halogens is 6. The molecule has 1 aliphatic rings. The zero-order valence-electron chi connectivity index (χ0n) is 12.4. The van der Waals surface area contributed by atoms with Crippen LogP contribution < -0.4 is 5.32 Å². The number of nitrogens with zero attached hydrogens (tertiary/aromatic N) is 3. The predicted octanol–water partition coefficient (Wildman–Crippen LogP) is 3.96. The van der Waals surface area contributed by atoms with Gasteiger partial charge in [0.2, 0.25) is 0 Å². The summed E-state index contributed by atoms with van der Waals surface area (Å²) in [6.07, 6.45) is -8.40. The summed E-state index contributed by atoms with van der Waals surface area (Å²) in [5.74, 6) is -0.438. The van der Waals surface area contributed by atoms with Crippen LogP contribution in [0.5, 0.6) is 0 Å². The normalized spacial score (nSPS) is 15.0. The van der Waals surface area contributed by atoms with Crippen molar-refractivity contribution in [2.24, 2.45) is 4.99 Å². The number of allylic oxidation sites excluding steroid dienone is 1. The Morgan fingerprint density at radius 2 is 1.76 bits per heavy atom. The van der Waals surface area contributed by atoms with Crippen molar-refractivity contribution in [1.29, 1.82) is 0 Å². The molecule has 0 radical (unpaired) electrons. The number of aromatic amines is 1. The zero-order chi connectivity index (χ0) is 18.4. The van der Waals surface area contributed by atoms with Crippen LogP contribution in [-0.2, 0) is 0 Å². The van der Waals surface area contributed by atoms with Crippen molar-refractivity contribution in [1.82, 2.24) is 15.0 Å². The van der Waals surface area contributed by atoms with Gasteiger partial charge in [0.15, 0.2) is 23.1 Å². The minimum atomic E-state index is -5.12. The summed E-state index contributed by atoms with van der Waals surface area (Å²) in [5, 5.41) is 2.13. The van der Waals surface area contributed by atoms with E-state index in [4.69, 9.17) is 0 Å². The van der Waals surface area contributed by atoms with E-state index >= 15 is 0 Å². The average Bonchev–Trinajstić information content (AvgIpc) is 2.79. The van der Waals surface area contributed by atoms with Gasteiger partial charge >= 0.3 is 12.4 Å². The van der Waals surface area contributed by atoms with Crippen LogP contribution in [0.1, 0.15) is 11.3 Å². The van der Waals surface area contributed by atoms with Gasteiger partial charge < -0.3 is 10.3 Å². The Bertz CT molecular complexity index is 875. The third-order valence-corrected chi connectivity index (χ3v) is 3.31. The molecule has 3 rings (SSSR count). The second-order valence-electron chi connectivity index (χ2n) is 5.11. The molecule has 0 aliphatic carbocycles. The number of aliphatic imine (C=N–C) groups is 1. The molecule has 0 saturated heterocycles. The predicted molar refractivity (Wildman–Crippen MR) is 76.9 cm³/mol. The molecule has 0 bridgehead atoms. The number of fused-ring (bicyclic) bond motifs is 1. The number of hydrogen-bond acceptors (Lipinski definition) is 4. The van der Waals surface area contributed by atoms with Gasteiger partial charge in [-0.05, 0) is 18.6 Å². The van der Waals surface area contributed by atoms with Crippen molar-refractivity contribution in [3.63, 3.8) is 0 Å². The van der Waals surface area contributed by atoms with Crippen molar-refractivity contribution in [2.45, 2.75) is 19.3 Å². The summed E-state index contributed by atoms with van der Waals surface area (Å²) in [6, 6.07) is 3.30. The highest BCUT2D eigenvalue weighted by Gasteiger charge is 2.44. The highest BCUT2D eigenvalue weighted by Crippen LogP contribution is 2.35. The first-order valence-corrected chi connectivity index (χ1v) is 6.79. The van der Waals surface area contributed by atoms with Gasteiger partial charge in [-0.3, -0.25) is 4.98 Å². The molecule has 25 heavy (non-hydrogen) atoms. The van der Waals surface area contributed by atoms with E-state index < -0.39 is 35.3 Å². The molecule has 2 aromatic rings. The standard InChI is InChI=1S/C14H9F6N5/c1-6-3-2-4-21-8(6)12-24-9-10(14(18,19)20)23-7(13(15,16)17)5-22-11(9)25-12/h2-5,22H,1H3,(H,24,25). The van der Waals surface area contributed by atoms with E-state index in [2.05, 4.69) is 25.3 Å². The van der Waals surface area contributed by atoms with Crippen LogP contribution in [0.25, 0.3) is 11.5 Å². The monoisotopic (exact) mass is 361 g/mol. The Kier molecular flexibility index (Phi) is 3.81. The molecule has 2 aromatic heterocycles. The summed E-state index contributed by atoms with van der Waals surface area (Å²) < 4.78 is 78.1. The Balaban J connectivity index is 2.16. The van der Waals surface area contributed by atoms with E-state index in [9.17, 15) is 26.3 Å². The van der Waals surface area contributed by atoms with Crippen LogP contribution in [0.3, 0.4) is 0 Å². The zero-order valence-corrected chi connectivity index (χ0v) is 12.4. The molecule has 1 aliphatic heterocycles. The number of nitrogens with one attached hydrogen (secondary N) is 2. The number of H-pyrrole nitrogens is 1. The van der Waals surface area contributed by atoms with Gasteiger partial charge in [0.25, 0.3) is 0 Å². The average molecular weight is 361 g/mol. The minimum absolute atomic E-state index is 0.0172. The summed E-state index contributed by atoms with van der Waals surface area (Å²) in [7, 11) is 0. The largest absolute Gasteiger partial charge is 0.435 e. The Hall–Kier alpha value is -2.85. The van der Waals surface area contributed by atoms with Crippen molar-refractivity contribution < 1.29 is 26.3 Å². The SMILES string of the molecule is Cc1cccnc1-c1nc2c([nH]1)C(C(F)(F)F)=NC(C(F)(F)F)=CN2. The van der Waals surface area contributed by atoms with Crippen molar-refractivity contribution in [3.05, 3.63) is 41.5 Å². The molecule has 5 nitrogen and oxygen atoms in total. The van der Waals surface area contributed by atoms with E-state index in [0.717, 1.165) is 0 Å². The van der Waals surface area contributed by atoms with E-state index in [0.29, 0.717) is 11.8 Å². The molecule has 11 heteroatoms. The number of anilines is 1. The Morgan fingerprint density at radius 1 is 1.04 bits per heavy atom. The molecule has 0 aromatic carbocycles. The Morgan fingerprint density at radius 3 is 2.36 bits per heavy atom. The fourth-order valence-electron chi connectivity index (χ4n) is 2.19. The van der Waals surface area contributed by atoms with E-state index in [1.54, 1.807) is 19.1 Å². The maximum Gasteiger partial charge on any atom is 0.435 e. The molecule has 0 fully saturated rings. The lowest BCUT2D eigenvalue weighted by molar-refractivity contribution is -0.0931. The molecule has 132 valence electrons. The Labute approximate surface area is 136 Å². The number of hydrogen-bond donors (Lipinski definition) is 2. The molecule has 0 amide bonds. The van der Waals surface area contributed by atoms with E-state index in [1.807, 2.05) is 0 Å². The summed E-state index contributed by atoms with van der Waals surface area (Å²) in [6.45, 7) is 1.67. The number of pyridine rings is 1. The van der Waals surface area contributed by atoms with E-state index in [1.165, 1.54) is 6.20 Å². The molecule has 2 N–H and O–H groups in total. The van der Waals surface area contributed by atoms with Crippen LogP contribution >= 0.6 is 0 Å². The number of imidazole rings is 1. The smallest absolute Gasteiger partial charge is 0.343 e. The molecule has 0 spiro atoms. The van der Waals surface area contributed by atoms with Gasteiger partial charge in [-0.25, -0.2) is 9.98 Å². The molecule has 0 unspecified atom stereocenters. The van der Waals surface area contributed by atoms with Crippen LogP contribution in [0.2, 0.25) is 0 Å². The van der Waals surface area contributed by atoms with Crippen LogP contribution in [0.4, 0.5) is 32.2 Å². The van der Waals surface area contributed by atoms with Crippen LogP contribution in [0.15, 0.2) is 35.2 Å². The van der Waals surface area contributed by atoms with Gasteiger partial charge in [0.05, 0.1) is 0 Å².